The van der Waals surface area contributed by atoms with Crippen LogP contribution in [0.3, 0.4) is 0 Å². The Morgan fingerprint density at radius 2 is 2.33 bits per heavy atom. The third kappa shape index (κ3) is 3.35. The number of carbonyl (C=O) groups is 1. The van der Waals surface area contributed by atoms with Crippen molar-refractivity contribution in [3.63, 3.8) is 0 Å². The summed E-state index contributed by atoms with van der Waals surface area (Å²) in [4.78, 5) is 10.8. The van der Waals surface area contributed by atoms with Gasteiger partial charge in [-0.1, -0.05) is 11.6 Å². The van der Waals surface area contributed by atoms with Crippen LogP contribution in [0.2, 0.25) is 5.02 Å². The van der Waals surface area contributed by atoms with Gasteiger partial charge in [0.2, 0.25) is 0 Å². The fourth-order valence-corrected chi connectivity index (χ4v) is 1.95. The third-order valence-electron chi connectivity index (χ3n) is 2.62. The maximum absolute atomic E-state index is 10.8. The first kappa shape index (κ1) is 13.1. The van der Waals surface area contributed by atoms with E-state index in [1.54, 1.807) is 12.1 Å². The molecule has 18 heavy (non-hydrogen) atoms. The van der Waals surface area contributed by atoms with Gasteiger partial charge in [-0.05, 0) is 18.2 Å². The summed E-state index contributed by atoms with van der Waals surface area (Å²) in [5.74, 6) is -1.03. The van der Waals surface area contributed by atoms with Gasteiger partial charge in [-0.3, -0.25) is 0 Å². The van der Waals surface area contributed by atoms with Crippen molar-refractivity contribution in [2.24, 2.45) is 0 Å². The molecule has 1 aromatic rings. The maximum Gasteiger partial charge on any atom is 0.337 e. The van der Waals surface area contributed by atoms with Crippen molar-refractivity contribution >= 4 is 23.3 Å². The molecular formula is C12H14ClNO4. The van der Waals surface area contributed by atoms with Crippen molar-refractivity contribution in [1.29, 1.82) is 0 Å². The molecule has 0 aliphatic carbocycles. The molecule has 1 saturated heterocycles. The number of anilines is 1. The molecule has 0 saturated carbocycles. The Morgan fingerprint density at radius 1 is 1.50 bits per heavy atom. The fourth-order valence-electron chi connectivity index (χ4n) is 1.68. The summed E-state index contributed by atoms with van der Waals surface area (Å²) < 4.78 is 10.8. The van der Waals surface area contributed by atoms with E-state index in [0.29, 0.717) is 26.4 Å². The molecule has 98 valence electrons. The molecule has 1 aliphatic rings. The standard InChI is InChI=1S/C12H14ClNO4/c13-11-5-8(1-2-10(11)12(15)16)14-6-9-7-17-3-4-18-9/h1-2,5,9,14H,3-4,6-7H2,(H,15,16). The first-order valence-corrected chi connectivity index (χ1v) is 6.00. The Labute approximate surface area is 110 Å². The number of hydrogen-bond donors (Lipinski definition) is 2. The minimum Gasteiger partial charge on any atom is -0.478 e. The average molecular weight is 272 g/mol. The van der Waals surface area contributed by atoms with E-state index >= 15 is 0 Å². The summed E-state index contributed by atoms with van der Waals surface area (Å²) in [5.41, 5.74) is 0.860. The lowest BCUT2D eigenvalue weighted by Gasteiger charge is -2.23. The van der Waals surface area contributed by atoms with Crippen LogP contribution >= 0.6 is 11.6 Å². The zero-order chi connectivity index (χ0) is 13.0. The SMILES string of the molecule is O=C(O)c1ccc(NCC2COCCO2)cc1Cl. The number of hydrogen-bond acceptors (Lipinski definition) is 4. The van der Waals surface area contributed by atoms with E-state index in [1.165, 1.54) is 6.07 Å². The van der Waals surface area contributed by atoms with Gasteiger partial charge in [0.1, 0.15) is 0 Å². The molecule has 0 amide bonds. The number of carboxylic acid groups (broad SMARTS) is 1. The molecule has 2 N–H and O–H groups in total. The van der Waals surface area contributed by atoms with Gasteiger partial charge in [-0.2, -0.15) is 0 Å². The number of aromatic carboxylic acids is 1. The lowest BCUT2D eigenvalue weighted by Crippen LogP contribution is -2.34. The topological polar surface area (TPSA) is 67.8 Å². The molecule has 1 fully saturated rings. The molecule has 0 radical (unpaired) electrons. The van der Waals surface area contributed by atoms with E-state index in [-0.39, 0.29) is 16.7 Å². The Hall–Kier alpha value is -1.30. The molecule has 6 heteroatoms. The Balaban J connectivity index is 1.93. The highest BCUT2D eigenvalue weighted by molar-refractivity contribution is 6.33. The zero-order valence-corrected chi connectivity index (χ0v) is 10.4. The molecule has 1 aliphatic heterocycles. The molecule has 1 unspecified atom stereocenters. The first-order chi connectivity index (χ1) is 8.66. The first-order valence-electron chi connectivity index (χ1n) is 5.63. The summed E-state index contributed by atoms with van der Waals surface area (Å²) in [6.07, 6.45) is 0.0108. The minimum atomic E-state index is -1.03. The highest BCUT2D eigenvalue weighted by Crippen LogP contribution is 2.21. The highest BCUT2D eigenvalue weighted by atomic mass is 35.5. The molecule has 1 heterocycles. The Kier molecular flexibility index (Phi) is 4.41. The van der Waals surface area contributed by atoms with E-state index in [1.807, 2.05) is 0 Å². The van der Waals surface area contributed by atoms with Crippen LogP contribution in [-0.4, -0.2) is 43.5 Å². The summed E-state index contributed by atoms with van der Waals surface area (Å²) in [7, 11) is 0. The van der Waals surface area contributed by atoms with Gasteiger partial charge in [0.15, 0.2) is 0 Å². The average Bonchev–Trinajstić information content (AvgIpc) is 2.37. The van der Waals surface area contributed by atoms with Crippen LogP contribution in [0, 0.1) is 0 Å². The van der Waals surface area contributed by atoms with Gasteiger partial charge in [0.05, 0.1) is 36.5 Å². The van der Waals surface area contributed by atoms with Crippen LogP contribution in [-0.2, 0) is 9.47 Å². The van der Waals surface area contributed by atoms with Crippen LogP contribution in [0.15, 0.2) is 18.2 Å². The van der Waals surface area contributed by atoms with Crippen molar-refractivity contribution in [3.05, 3.63) is 28.8 Å². The van der Waals surface area contributed by atoms with E-state index in [2.05, 4.69) is 5.32 Å². The highest BCUT2D eigenvalue weighted by Gasteiger charge is 2.14. The quantitative estimate of drug-likeness (QED) is 0.875. The number of benzene rings is 1. The molecule has 0 spiro atoms. The third-order valence-corrected chi connectivity index (χ3v) is 2.93. The summed E-state index contributed by atoms with van der Waals surface area (Å²) in [6.45, 7) is 2.40. The predicted octanol–water partition coefficient (Wildman–Crippen LogP) is 1.87. The smallest absolute Gasteiger partial charge is 0.337 e. The second kappa shape index (κ2) is 6.04. The second-order valence-electron chi connectivity index (χ2n) is 3.95. The van der Waals surface area contributed by atoms with Crippen molar-refractivity contribution in [3.8, 4) is 0 Å². The van der Waals surface area contributed by atoms with Gasteiger partial charge >= 0.3 is 5.97 Å². The van der Waals surface area contributed by atoms with Crippen molar-refractivity contribution in [1.82, 2.24) is 0 Å². The monoisotopic (exact) mass is 271 g/mol. The molecular weight excluding hydrogens is 258 g/mol. The summed E-state index contributed by atoms with van der Waals surface area (Å²) >= 11 is 5.87. The normalized spacial score (nSPS) is 19.5. The van der Waals surface area contributed by atoms with Crippen molar-refractivity contribution in [2.45, 2.75) is 6.10 Å². The predicted molar refractivity (Wildman–Crippen MR) is 67.5 cm³/mol. The fraction of sp³-hybridized carbons (Fsp3) is 0.417. The van der Waals surface area contributed by atoms with Crippen LogP contribution in [0.4, 0.5) is 5.69 Å². The zero-order valence-electron chi connectivity index (χ0n) is 9.69. The number of ether oxygens (including phenoxy) is 2. The van der Waals surface area contributed by atoms with Crippen LogP contribution in [0.1, 0.15) is 10.4 Å². The molecule has 2 rings (SSSR count). The Morgan fingerprint density at radius 3 is 2.94 bits per heavy atom. The van der Waals surface area contributed by atoms with E-state index in [4.69, 9.17) is 26.2 Å². The lowest BCUT2D eigenvalue weighted by atomic mass is 10.2. The summed E-state index contributed by atoms with van der Waals surface area (Å²) in [6, 6.07) is 4.75. The molecule has 0 bridgehead atoms. The molecule has 1 atom stereocenters. The van der Waals surface area contributed by atoms with Crippen LogP contribution in [0.5, 0.6) is 0 Å². The van der Waals surface area contributed by atoms with Gasteiger partial charge in [-0.25, -0.2) is 4.79 Å². The van der Waals surface area contributed by atoms with Crippen molar-refractivity contribution in [2.75, 3.05) is 31.7 Å². The van der Waals surface area contributed by atoms with E-state index in [9.17, 15) is 4.79 Å². The van der Waals surface area contributed by atoms with Gasteiger partial charge in [0, 0.05) is 12.2 Å². The minimum absolute atomic E-state index is 0.0108. The maximum atomic E-state index is 10.8. The molecule has 5 nitrogen and oxygen atoms in total. The van der Waals surface area contributed by atoms with Crippen molar-refractivity contribution < 1.29 is 19.4 Å². The van der Waals surface area contributed by atoms with E-state index in [0.717, 1.165) is 5.69 Å². The van der Waals surface area contributed by atoms with Gasteiger partial charge in [-0.15, -0.1) is 0 Å². The lowest BCUT2D eigenvalue weighted by molar-refractivity contribution is -0.0818. The number of halogens is 1. The van der Waals surface area contributed by atoms with Crippen LogP contribution < -0.4 is 5.32 Å². The number of carboxylic acids is 1. The number of nitrogens with one attached hydrogen (secondary N) is 1. The van der Waals surface area contributed by atoms with Gasteiger partial charge < -0.3 is 19.9 Å². The van der Waals surface area contributed by atoms with E-state index < -0.39 is 5.97 Å². The number of rotatable bonds is 4. The second-order valence-corrected chi connectivity index (χ2v) is 4.36. The largest absolute Gasteiger partial charge is 0.478 e. The summed E-state index contributed by atoms with van der Waals surface area (Å²) in [5, 5.41) is 12.2. The van der Waals surface area contributed by atoms with Gasteiger partial charge in [0.25, 0.3) is 0 Å². The molecule has 0 aromatic heterocycles. The molecule has 1 aromatic carbocycles. The Bertz CT molecular complexity index is 432. The van der Waals surface area contributed by atoms with Crippen LogP contribution in [0.25, 0.3) is 0 Å².